The van der Waals surface area contributed by atoms with Gasteiger partial charge in [0.25, 0.3) is 0 Å². The Morgan fingerprint density at radius 1 is 0.929 bits per heavy atom. The van der Waals surface area contributed by atoms with E-state index in [2.05, 4.69) is 22.3 Å². The minimum Gasteiger partial charge on any atom is -0.467 e. The van der Waals surface area contributed by atoms with Crippen LogP contribution in [0.2, 0.25) is 0 Å². The van der Waals surface area contributed by atoms with Crippen molar-refractivity contribution in [2.75, 3.05) is 33.3 Å². The van der Waals surface area contributed by atoms with Crippen molar-refractivity contribution in [3.63, 3.8) is 0 Å². The molecule has 0 saturated carbocycles. The second kappa shape index (κ2) is 9.90. The number of hydrogen-bond donors (Lipinski definition) is 1. The highest BCUT2D eigenvalue weighted by Crippen LogP contribution is 2.10. The van der Waals surface area contributed by atoms with Crippen LogP contribution in [-0.2, 0) is 22.5 Å². The Morgan fingerprint density at radius 2 is 1.50 bits per heavy atom. The van der Waals surface area contributed by atoms with Crippen LogP contribution in [0, 0.1) is 0 Å². The summed E-state index contributed by atoms with van der Waals surface area (Å²) < 4.78 is 4.88. The van der Waals surface area contributed by atoms with Crippen LogP contribution in [0.3, 0.4) is 0 Å². The van der Waals surface area contributed by atoms with E-state index in [4.69, 9.17) is 4.74 Å². The number of amides is 2. The summed E-state index contributed by atoms with van der Waals surface area (Å²) in [4.78, 5) is 28.9. The third kappa shape index (κ3) is 5.57. The largest absolute Gasteiger partial charge is 0.467 e. The van der Waals surface area contributed by atoms with E-state index in [1.807, 2.05) is 48.5 Å². The van der Waals surface area contributed by atoms with E-state index >= 15 is 0 Å². The SMILES string of the molecule is COC(=O)[C@H](Cc1ccccc1)NC(=O)N1CCN(Cc2ccccc2)CC1. The van der Waals surface area contributed by atoms with Crippen LogP contribution in [0.25, 0.3) is 0 Å². The van der Waals surface area contributed by atoms with Crippen molar-refractivity contribution in [1.82, 2.24) is 15.1 Å². The van der Waals surface area contributed by atoms with Crippen molar-refractivity contribution in [3.05, 3.63) is 71.8 Å². The second-order valence-electron chi connectivity index (χ2n) is 6.96. The van der Waals surface area contributed by atoms with E-state index in [-0.39, 0.29) is 6.03 Å². The summed E-state index contributed by atoms with van der Waals surface area (Å²) in [6, 6.07) is 19.0. The number of ether oxygens (including phenoxy) is 1. The number of nitrogens with one attached hydrogen (secondary N) is 1. The minimum atomic E-state index is -0.692. The van der Waals surface area contributed by atoms with E-state index in [1.165, 1.54) is 12.7 Å². The number of hydrogen-bond acceptors (Lipinski definition) is 4. The molecule has 148 valence electrons. The molecule has 1 atom stereocenters. The molecule has 0 unspecified atom stereocenters. The molecule has 1 aliphatic heterocycles. The maximum atomic E-state index is 12.7. The van der Waals surface area contributed by atoms with E-state index in [1.54, 1.807) is 4.90 Å². The molecule has 1 fully saturated rings. The number of nitrogens with zero attached hydrogens (tertiary/aromatic N) is 2. The van der Waals surface area contributed by atoms with Gasteiger partial charge in [-0.15, -0.1) is 0 Å². The Bertz CT molecular complexity index is 759. The first kappa shape index (κ1) is 19.9. The molecule has 2 amide bonds. The molecular formula is C22H27N3O3. The molecule has 0 radical (unpaired) electrons. The van der Waals surface area contributed by atoms with Crippen molar-refractivity contribution >= 4 is 12.0 Å². The third-order valence-electron chi connectivity index (χ3n) is 4.97. The highest BCUT2D eigenvalue weighted by atomic mass is 16.5. The van der Waals surface area contributed by atoms with Gasteiger partial charge in [0.2, 0.25) is 0 Å². The zero-order valence-corrected chi connectivity index (χ0v) is 16.2. The van der Waals surface area contributed by atoms with Crippen molar-refractivity contribution in [2.45, 2.75) is 19.0 Å². The molecule has 1 heterocycles. The Morgan fingerprint density at radius 3 is 2.07 bits per heavy atom. The number of carbonyl (C=O) groups is 2. The average Bonchev–Trinajstić information content (AvgIpc) is 2.74. The summed E-state index contributed by atoms with van der Waals surface area (Å²) in [6.45, 7) is 3.78. The summed E-state index contributed by atoms with van der Waals surface area (Å²) >= 11 is 0. The number of piperazine rings is 1. The summed E-state index contributed by atoms with van der Waals surface area (Å²) in [5, 5.41) is 2.84. The van der Waals surface area contributed by atoms with Crippen LogP contribution in [-0.4, -0.2) is 61.1 Å². The molecule has 2 aromatic carbocycles. The number of benzene rings is 2. The van der Waals surface area contributed by atoms with Crippen molar-refractivity contribution < 1.29 is 14.3 Å². The lowest BCUT2D eigenvalue weighted by Gasteiger charge is -2.35. The van der Waals surface area contributed by atoms with Crippen molar-refractivity contribution in [3.8, 4) is 0 Å². The van der Waals surface area contributed by atoms with Crippen LogP contribution >= 0.6 is 0 Å². The summed E-state index contributed by atoms with van der Waals surface area (Å²) in [5.41, 5.74) is 2.25. The average molecular weight is 381 g/mol. The predicted octanol–water partition coefficient (Wildman–Crippen LogP) is 2.30. The fraction of sp³-hybridized carbons (Fsp3) is 0.364. The third-order valence-corrected chi connectivity index (χ3v) is 4.97. The minimum absolute atomic E-state index is 0.217. The summed E-state index contributed by atoms with van der Waals surface area (Å²) in [5.74, 6) is -0.431. The molecule has 6 heteroatoms. The second-order valence-corrected chi connectivity index (χ2v) is 6.96. The molecule has 2 aromatic rings. The Balaban J connectivity index is 1.52. The summed E-state index contributed by atoms with van der Waals surface area (Å²) in [7, 11) is 1.34. The van der Waals surface area contributed by atoms with Gasteiger partial charge in [0, 0.05) is 39.1 Å². The first-order valence-corrected chi connectivity index (χ1v) is 9.59. The lowest BCUT2D eigenvalue weighted by atomic mass is 10.1. The molecule has 0 aromatic heterocycles. The smallest absolute Gasteiger partial charge is 0.328 e. The van der Waals surface area contributed by atoms with Crippen LogP contribution < -0.4 is 5.32 Å². The number of urea groups is 1. The van der Waals surface area contributed by atoms with Gasteiger partial charge in [-0.3, -0.25) is 4.90 Å². The molecule has 0 bridgehead atoms. The number of esters is 1. The van der Waals surface area contributed by atoms with Crippen LogP contribution in [0.5, 0.6) is 0 Å². The van der Waals surface area contributed by atoms with Gasteiger partial charge >= 0.3 is 12.0 Å². The lowest BCUT2D eigenvalue weighted by Crippen LogP contribution is -2.55. The van der Waals surface area contributed by atoms with E-state index in [0.29, 0.717) is 19.5 Å². The standard InChI is InChI=1S/C22H27N3O3/c1-28-21(26)20(16-18-8-4-2-5-9-18)23-22(27)25-14-12-24(13-15-25)17-19-10-6-3-7-11-19/h2-11,20H,12-17H2,1H3,(H,23,27)/t20-/m0/s1. The summed E-state index contributed by atoms with van der Waals surface area (Å²) in [6.07, 6.45) is 0.410. The number of rotatable bonds is 6. The maximum Gasteiger partial charge on any atom is 0.328 e. The van der Waals surface area contributed by atoms with Gasteiger partial charge in [-0.05, 0) is 11.1 Å². The van der Waals surface area contributed by atoms with Gasteiger partial charge in [-0.25, -0.2) is 9.59 Å². The lowest BCUT2D eigenvalue weighted by molar-refractivity contribution is -0.142. The van der Waals surface area contributed by atoms with Crippen molar-refractivity contribution in [2.24, 2.45) is 0 Å². The Labute approximate surface area is 166 Å². The Hall–Kier alpha value is -2.86. The fourth-order valence-electron chi connectivity index (χ4n) is 3.38. The molecule has 1 N–H and O–H groups in total. The highest BCUT2D eigenvalue weighted by molar-refractivity contribution is 5.83. The van der Waals surface area contributed by atoms with Crippen LogP contribution in [0.1, 0.15) is 11.1 Å². The monoisotopic (exact) mass is 381 g/mol. The molecule has 28 heavy (non-hydrogen) atoms. The molecular weight excluding hydrogens is 354 g/mol. The van der Waals surface area contributed by atoms with Crippen molar-refractivity contribution in [1.29, 1.82) is 0 Å². The van der Waals surface area contributed by atoms with Crippen LogP contribution in [0.4, 0.5) is 4.79 Å². The van der Waals surface area contributed by atoms with Gasteiger partial charge in [-0.1, -0.05) is 60.7 Å². The molecule has 0 aliphatic carbocycles. The zero-order valence-electron chi connectivity index (χ0n) is 16.2. The van der Waals surface area contributed by atoms with Crippen LogP contribution in [0.15, 0.2) is 60.7 Å². The molecule has 0 spiro atoms. The first-order valence-electron chi connectivity index (χ1n) is 9.59. The van der Waals surface area contributed by atoms with E-state index < -0.39 is 12.0 Å². The van der Waals surface area contributed by atoms with Gasteiger partial charge in [0.1, 0.15) is 6.04 Å². The molecule has 1 aliphatic rings. The van der Waals surface area contributed by atoms with Gasteiger partial charge in [-0.2, -0.15) is 0 Å². The quantitative estimate of drug-likeness (QED) is 0.780. The zero-order chi connectivity index (χ0) is 19.8. The molecule has 3 rings (SSSR count). The Kier molecular flexibility index (Phi) is 7.03. The topological polar surface area (TPSA) is 61.9 Å². The van der Waals surface area contributed by atoms with E-state index in [0.717, 1.165) is 25.2 Å². The van der Waals surface area contributed by atoms with E-state index in [9.17, 15) is 9.59 Å². The predicted molar refractivity (Wildman–Crippen MR) is 108 cm³/mol. The molecule has 1 saturated heterocycles. The van der Waals surface area contributed by atoms with Gasteiger partial charge in [0.15, 0.2) is 0 Å². The van der Waals surface area contributed by atoms with Gasteiger partial charge in [0.05, 0.1) is 7.11 Å². The number of carbonyl (C=O) groups excluding carboxylic acids is 2. The highest BCUT2D eigenvalue weighted by Gasteiger charge is 2.26. The van der Waals surface area contributed by atoms with Gasteiger partial charge < -0.3 is 15.0 Å². The first-order chi connectivity index (χ1) is 13.7. The number of methoxy groups -OCH3 is 1. The normalized spacial score (nSPS) is 15.7. The maximum absolute atomic E-state index is 12.7. The molecule has 6 nitrogen and oxygen atoms in total. The fourth-order valence-corrected chi connectivity index (χ4v) is 3.38.